The van der Waals surface area contributed by atoms with Gasteiger partial charge in [0.1, 0.15) is 12.1 Å². The van der Waals surface area contributed by atoms with E-state index in [1.54, 1.807) is 31.3 Å². The molecule has 2 aromatic rings. The van der Waals surface area contributed by atoms with Crippen molar-refractivity contribution in [1.82, 2.24) is 14.5 Å². The number of hydrogen-bond acceptors (Lipinski definition) is 7. The molecule has 0 unspecified atom stereocenters. The standard InChI is InChI=1S/C20H25N5O4/c1-14(27)24-7-5-16(12-18(24)21-2)25-8-10-29-17-11-15(13-22-19(17)25)20(28)23(3)6-4-9-26/h5,7,11-13,26H,4,6,8-10H2,1-3H3. The van der Waals surface area contributed by atoms with E-state index in [-0.39, 0.29) is 18.4 Å². The van der Waals surface area contributed by atoms with Gasteiger partial charge in [0, 0.05) is 58.3 Å². The highest BCUT2D eigenvalue weighted by Gasteiger charge is 2.24. The van der Waals surface area contributed by atoms with Crippen LogP contribution in [0.3, 0.4) is 0 Å². The van der Waals surface area contributed by atoms with Gasteiger partial charge in [0.05, 0.1) is 12.1 Å². The second kappa shape index (κ2) is 8.87. The normalized spacial score (nSPS) is 13.7. The summed E-state index contributed by atoms with van der Waals surface area (Å²) in [6, 6.07) is 5.34. The minimum absolute atomic E-state index is 0.0326. The summed E-state index contributed by atoms with van der Waals surface area (Å²) in [5, 5.41) is 8.95. The van der Waals surface area contributed by atoms with E-state index in [1.165, 1.54) is 17.7 Å². The van der Waals surface area contributed by atoms with Crippen molar-refractivity contribution in [3.05, 3.63) is 41.6 Å². The molecular formula is C20H25N5O4. The quantitative estimate of drug-likeness (QED) is 0.807. The van der Waals surface area contributed by atoms with Gasteiger partial charge < -0.3 is 19.6 Å². The van der Waals surface area contributed by atoms with Crippen LogP contribution in [0.5, 0.6) is 5.75 Å². The van der Waals surface area contributed by atoms with Gasteiger partial charge in [0.25, 0.3) is 5.91 Å². The first-order chi connectivity index (χ1) is 14.0. The largest absolute Gasteiger partial charge is 0.488 e. The van der Waals surface area contributed by atoms with Crippen LogP contribution < -0.4 is 15.1 Å². The zero-order valence-corrected chi connectivity index (χ0v) is 16.8. The zero-order valence-electron chi connectivity index (χ0n) is 16.8. The molecule has 0 saturated carbocycles. The minimum Gasteiger partial charge on any atom is -0.488 e. The maximum Gasteiger partial charge on any atom is 0.255 e. The Morgan fingerprint density at radius 2 is 2.17 bits per heavy atom. The lowest BCUT2D eigenvalue weighted by Crippen LogP contribution is -2.33. The lowest BCUT2D eigenvalue weighted by Gasteiger charge is -2.30. The van der Waals surface area contributed by atoms with Gasteiger partial charge in [0.2, 0.25) is 5.91 Å². The molecule has 3 rings (SSSR count). The summed E-state index contributed by atoms with van der Waals surface area (Å²) in [7, 11) is 3.32. The van der Waals surface area contributed by atoms with Gasteiger partial charge in [-0.2, -0.15) is 0 Å². The Hall–Kier alpha value is -3.20. The summed E-state index contributed by atoms with van der Waals surface area (Å²) >= 11 is 0. The average molecular weight is 399 g/mol. The Morgan fingerprint density at radius 3 is 2.86 bits per heavy atom. The van der Waals surface area contributed by atoms with Crippen molar-refractivity contribution >= 4 is 23.3 Å². The number of aliphatic hydroxyl groups is 1. The number of carbonyl (C=O) groups excluding carboxylic acids is 2. The van der Waals surface area contributed by atoms with Crippen LogP contribution in [0.1, 0.15) is 28.5 Å². The maximum absolute atomic E-state index is 12.6. The fourth-order valence-corrected chi connectivity index (χ4v) is 3.18. The van der Waals surface area contributed by atoms with E-state index in [9.17, 15) is 9.59 Å². The van der Waals surface area contributed by atoms with Crippen LogP contribution in [0.25, 0.3) is 0 Å². The molecule has 0 aliphatic carbocycles. The number of rotatable bonds is 5. The molecule has 29 heavy (non-hydrogen) atoms. The number of aliphatic hydroxyl groups excluding tert-OH is 1. The number of hydrogen-bond donors (Lipinski definition) is 1. The molecule has 0 aromatic carbocycles. The Morgan fingerprint density at radius 1 is 1.38 bits per heavy atom. The highest BCUT2D eigenvalue weighted by Crippen LogP contribution is 2.34. The third-order valence-electron chi connectivity index (χ3n) is 4.70. The molecule has 0 atom stereocenters. The molecule has 1 amide bonds. The number of fused-ring (bicyclic) bond motifs is 1. The van der Waals surface area contributed by atoms with E-state index in [0.717, 1.165) is 5.69 Å². The SMILES string of the molecule is CN=c1cc(N2CCOc3cc(C(=O)N(C)CCCO)cnc32)ccn1C(C)=O. The predicted molar refractivity (Wildman–Crippen MR) is 108 cm³/mol. The highest BCUT2D eigenvalue weighted by molar-refractivity contribution is 5.94. The van der Waals surface area contributed by atoms with Crippen LogP contribution in [0.2, 0.25) is 0 Å². The van der Waals surface area contributed by atoms with Crippen LogP contribution >= 0.6 is 0 Å². The molecule has 1 N–H and O–H groups in total. The van der Waals surface area contributed by atoms with Gasteiger partial charge in [-0.1, -0.05) is 0 Å². The van der Waals surface area contributed by atoms with Gasteiger partial charge in [0.15, 0.2) is 11.6 Å². The summed E-state index contributed by atoms with van der Waals surface area (Å²) in [5.41, 5.74) is 1.80. The van der Waals surface area contributed by atoms with Gasteiger partial charge >= 0.3 is 0 Å². The van der Waals surface area contributed by atoms with E-state index < -0.39 is 0 Å². The van der Waals surface area contributed by atoms with Crippen LogP contribution in [-0.4, -0.2) is 71.8 Å². The van der Waals surface area contributed by atoms with Crippen molar-refractivity contribution in [2.45, 2.75) is 13.3 Å². The van der Waals surface area contributed by atoms with Crippen LogP contribution in [0, 0.1) is 0 Å². The molecule has 0 bridgehead atoms. The van der Waals surface area contributed by atoms with Gasteiger partial charge in [-0.25, -0.2) is 4.98 Å². The van der Waals surface area contributed by atoms with Crippen molar-refractivity contribution in [3.63, 3.8) is 0 Å². The Bertz CT molecular complexity index is 985. The number of pyridine rings is 2. The Balaban J connectivity index is 1.92. The fraction of sp³-hybridized carbons (Fsp3) is 0.400. The maximum atomic E-state index is 12.6. The van der Waals surface area contributed by atoms with Crippen LogP contribution in [0.4, 0.5) is 11.5 Å². The third kappa shape index (κ3) is 4.29. The molecule has 3 heterocycles. The van der Waals surface area contributed by atoms with Gasteiger partial charge in [-0.05, 0) is 18.6 Å². The molecule has 9 nitrogen and oxygen atoms in total. The first-order valence-electron chi connectivity index (χ1n) is 9.39. The summed E-state index contributed by atoms with van der Waals surface area (Å²) in [5.74, 6) is 0.833. The van der Waals surface area contributed by atoms with E-state index in [1.807, 2.05) is 17.0 Å². The smallest absolute Gasteiger partial charge is 0.255 e. The van der Waals surface area contributed by atoms with E-state index >= 15 is 0 Å². The molecule has 1 aliphatic heterocycles. The zero-order chi connectivity index (χ0) is 21.0. The summed E-state index contributed by atoms with van der Waals surface area (Å²) in [4.78, 5) is 36.5. The molecule has 2 aromatic heterocycles. The third-order valence-corrected chi connectivity index (χ3v) is 4.70. The molecule has 0 saturated heterocycles. The fourth-order valence-electron chi connectivity index (χ4n) is 3.18. The monoisotopic (exact) mass is 399 g/mol. The van der Waals surface area contributed by atoms with Gasteiger partial charge in [-0.15, -0.1) is 0 Å². The lowest BCUT2D eigenvalue weighted by atomic mass is 10.2. The van der Waals surface area contributed by atoms with Crippen molar-refractivity contribution in [3.8, 4) is 5.75 Å². The number of aromatic nitrogens is 2. The Labute approximate surface area is 168 Å². The van der Waals surface area contributed by atoms with Crippen LogP contribution in [-0.2, 0) is 0 Å². The highest BCUT2D eigenvalue weighted by atomic mass is 16.5. The summed E-state index contributed by atoms with van der Waals surface area (Å²) < 4.78 is 7.22. The van der Waals surface area contributed by atoms with Crippen molar-refractivity contribution in [1.29, 1.82) is 0 Å². The second-order valence-electron chi connectivity index (χ2n) is 6.71. The van der Waals surface area contributed by atoms with Crippen LogP contribution in [0.15, 0.2) is 35.6 Å². The number of carbonyl (C=O) groups is 2. The molecule has 0 radical (unpaired) electrons. The summed E-state index contributed by atoms with van der Waals surface area (Å²) in [6.07, 6.45) is 3.73. The number of ether oxygens (including phenoxy) is 1. The lowest BCUT2D eigenvalue weighted by molar-refractivity contribution is 0.0785. The molecule has 0 spiro atoms. The summed E-state index contributed by atoms with van der Waals surface area (Å²) in [6.45, 7) is 2.99. The van der Waals surface area contributed by atoms with Crippen molar-refractivity contribution in [2.24, 2.45) is 4.99 Å². The molecule has 154 valence electrons. The molecular weight excluding hydrogens is 374 g/mol. The topological polar surface area (TPSA) is 100 Å². The first-order valence-corrected chi connectivity index (χ1v) is 9.39. The molecule has 9 heteroatoms. The number of anilines is 2. The minimum atomic E-state index is -0.177. The van der Waals surface area contributed by atoms with Gasteiger partial charge in [-0.3, -0.25) is 19.1 Å². The van der Waals surface area contributed by atoms with E-state index in [4.69, 9.17) is 9.84 Å². The predicted octanol–water partition coefficient (Wildman–Crippen LogP) is 1.06. The first kappa shape index (κ1) is 20.5. The van der Waals surface area contributed by atoms with Crippen molar-refractivity contribution < 1.29 is 19.4 Å². The molecule has 1 aliphatic rings. The molecule has 0 fully saturated rings. The average Bonchev–Trinajstić information content (AvgIpc) is 2.75. The van der Waals surface area contributed by atoms with E-state index in [0.29, 0.717) is 48.7 Å². The number of amides is 1. The number of nitrogens with zero attached hydrogens (tertiary/aromatic N) is 5. The second-order valence-corrected chi connectivity index (χ2v) is 6.71. The van der Waals surface area contributed by atoms with E-state index in [2.05, 4.69) is 9.98 Å². The Kier molecular flexibility index (Phi) is 6.28. The van der Waals surface area contributed by atoms with Crippen molar-refractivity contribution in [2.75, 3.05) is 45.3 Å².